The van der Waals surface area contributed by atoms with Crippen LogP contribution in [0.15, 0.2) is 6.07 Å². The first kappa shape index (κ1) is 16.2. The molecule has 0 saturated carbocycles. The standard InChI is InChI=1S/C16H23ClO4/c1-10-7-11-8-13(18-2)15(19-3)16(20-4)14(11)12(5-6-17)21-9-10/h8,10,12H,5-7,9H2,1-4H3. The highest BCUT2D eigenvalue weighted by Gasteiger charge is 2.30. The average molecular weight is 315 g/mol. The van der Waals surface area contributed by atoms with Crippen molar-refractivity contribution in [1.29, 1.82) is 0 Å². The summed E-state index contributed by atoms with van der Waals surface area (Å²) in [5.41, 5.74) is 2.23. The molecule has 1 heterocycles. The molecule has 0 aliphatic carbocycles. The summed E-state index contributed by atoms with van der Waals surface area (Å²) in [4.78, 5) is 0. The number of fused-ring (bicyclic) bond motifs is 1. The molecule has 0 radical (unpaired) electrons. The second kappa shape index (κ2) is 7.23. The van der Waals surface area contributed by atoms with Gasteiger partial charge >= 0.3 is 0 Å². The number of hydrogen-bond donors (Lipinski definition) is 0. The van der Waals surface area contributed by atoms with Crippen LogP contribution in [0, 0.1) is 5.92 Å². The van der Waals surface area contributed by atoms with Gasteiger partial charge in [-0.2, -0.15) is 0 Å². The van der Waals surface area contributed by atoms with Gasteiger partial charge in [0.25, 0.3) is 0 Å². The van der Waals surface area contributed by atoms with Crippen molar-refractivity contribution in [3.05, 3.63) is 17.2 Å². The average Bonchev–Trinajstić information content (AvgIpc) is 2.64. The number of hydrogen-bond acceptors (Lipinski definition) is 4. The Labute approximate surface area is 131 Å². The largest absolute Gasteiger partial charge is 0.493 e. The van der Waals surface area contributed by atoms with E-state index in [9.17, 15) is 0 Å². The number of rotatable bonds is 5. The molecule has 0 bridgehead atoms. The monoisotopic (exact) mass is 314 g/mol. The second-order valence-corrected chi connectivity index (χ2v) is 5.71. The van der Waals surface area contributed by atoms with Crippen molar-refractivity contribution in [3.63, 3.8) is 0 Å². The van der Waals surface area contributed by atoms with E-state index in [0.29, 0.717) is 35.7 Å². The molecule has 1 aromatic rings. The van der Waals surface area contributed by atoms with Crippen molar-refractivity contribution in [2.24, 2.45) is 5.92 Å². The van der Waals surface area contributed by atoms with Crippen molar-refractivity contribution in [3.8, 4) is 17.2 Å². The van der Waals surface area contributed by atoms with E-state index in [4.69, 9.17) is 30.5 Å². The van der Waals surface area contributed by atoms with E-state index in [0.717, 1.165) is 18.4 Å². The molecule has 2 unspecified atom stereocenters. The molecule has 2 atom stereocenters. The Morgan fingerprint density at radius 3 is 2.48 bits per heavy atom. The van der Waals surface area contributed by atoms with Gasteiger partial charge in [-0.3, -0.25) is 0 Å². The number of alkyl halides is 1. The Kier molecular flexibility index (Phi) is 5.59. The molecule has 1 aromatic carbocycles. The lowest BCUT2D eigenvalue weighted by atomic mass is 9.93. The van der Waals surface area contributed by atoms with Gasteiger partial charge in [0.2, 0.25) is 5.75 Å². The first-order chi connectivity index (χ1) is 10.2. The molecule has 0 N–H and O–H groups in total. The zero-order valence-electron chi connectivity index (χ0n) is 13.1. The maximum atomic E-state index is 6.04. The fourth-order valence-electron chi connectivity index (χ4n) is 2.88. The summed E-state index contributed by atoms with van der Waals surface area (Å²) in [7, 11) is 4.89. The third-order valence-corrected chi connectivity index (χ3v) is 4.02. The third kappa shape index (κ3) is 3.22. The molecule has 4 nitrogen and oxygen atoms in total. The second-order valence-electron chi connectivity index (χ2n) is 5.33. The highest BCUT2D eigenvalue weighted by molar-refractivity contribution is 6.17. The number of halogens is 1. The maximum Gasteiger partial charge on any atom is 0.203 e. The van der Waals surface area contributed by atoms with Crippen molar-refractivity contribution >= 4 is 11.6 Å². The van der Waals surface area contributed by atoms with Gasteiger partial charge in [-0.05, 0) is 30.4 Å². The van der Waals surface area contributed by atoms with Gasteiger partial charge in [0, 0.05) is 11.4 Å². The minimum atomic E-state index is -0.0720. The minimum absolute atomic E-state index is 0.0720. The van der Waals surface area contributed by atoms with Crippen LogP contribution in [-0.2, 0) is 11.2 Å². The van der Waals surface area contributed by atoms with Crippen LogP contribution < -0.4 is 14.2 Å². The highest BCUT2D eigenvalue weighted by Crippen LogP contribution is 2.47. The summed E-state index contributed by atoms with van der Waals surface area (Å²) in [6.07, 6.45) is 1.59. The Hall–Kier alpha value is -1.13. The van der Waals surface area contributed by atoms with Crippen LogP contribution in [0.2, 0.25) is 0 Å². The first-order valence-corrected chi connectivity index (χ1v) is 7.68. The quantitative estimate of drug-likeness (QED) is 0.778. The van der Waals surface area contributed by atoms with Gasteiger partial charge in [-0.15, -0.1) is 11.6 Å². The Bertz CT molecular complexity index is 490. The molecule has 118 valence electrons. The van der Waals surface area contributed by atoms with Crippen LogP contribution in [0.4, 0.5) is 0 Å². The first-order valence-electron chi connectivity index (χ1n) is 7.15. The molecule has 1 aliphatic heterocycles. The zero-order chi connectivity index (χ0) is 15.4. The van der Waals surface area contributed by atoms with E-state index in [1.807, 2.05) is 6.07 Å². The summed E-state index contributed by atoms with van der Waals surface area (Å²) < 4.78 is 22.6. The Morgan fingerprint density at radius 1 is 1.19 bits per heavy atom. The predicted octanol–water partition coefficient (Wildman–Crippen LogP) is 3.59. The maximum absolute atomic E-state index is 6.04. The fourth-order valence-corrected chi connectivity index (χ4v) is 3.07. The Morgan fingerprint density at radius 2 is 1.90 bits per heavy atom. The molecule has 0 spiro atoms. The van der Waals surface area contributed by atoms with Crippen molar-refractivity contribution in [2.75, 3.05) is 33.8 Å². The van der Waals surface area contributed by atoms with Crippen molar-refractivity contribution < 1.29 is 18.9 Å². The van der Waals surface area contributed by atoms with Gasteiger partial charge in [-0.25, -0.2) is 0 Å². The van der Waals surface area contributed by atoms with Crippen LogP contribution in [0.5, 0.6) is 17.2 Å². The number of ether oxygens (including phenoxy) is 4. The van der Waals surface area contributed by atoms with Crippen LogP contribution in [0.25, 0.3) is 0 Å². The molecule has 1 aliphatic rings. The smallest absolute Gasteiger partial charge is 0.203 e. The SMILES string of the molecule is COc1cc2c(c(OC)c1OC)C(CCCl)OCC(C)C2. The minimum Gasteiger partial charge on any atom is -0.493 e. The molecule has 0 saturated heterocycles. The van der Waals surface area contributed by atoms with E-state index >= 15 is 0 Å². The van der Waals surface area contributed by atoms with E-state index in [-0.39, 0.29) is 6.10 Å². The lowest BCUT2D eigenvalue weighted by Crippen LogP contribution is -2.09. The van der Waals surface area contributed by atoms with Crippen LogP contribution >= 0.6 is 11.6 Å². The van der Waals surface area contributed by atoms with Gasteiger partial charge < -0.3 is 18.9 Å². The lowest BCUT2D eigenvalue weighted by molar-refractivity contribution is 0.0354. The van der Waals surface area contributed by atoms with Crippen LogP contribution in [0.1, 0.15) is 30.6 Å². The topological polar surface area (TPSA) is 36.9 Å². The molecular formula is C16H23ClO4. The third-order valence-electron chi connectivity index (χ3n) is 3.80. The highest BCUT2D eigenvalue weighted by atomic mass is 35.5. The van der Waals surface area contributed by atoms with Gasteiger partial charge in [-0.1, -0.05) is 6.92 Å². The van der Waals surface area contributed by atoms with Crippen LogP contribution in [0.3, 0.4) is 0 Å². The Balaban J connectivity index is 2.63. The van der Waals surface area contributed by atoms with E-state index in [1.54, 1.807) is 21.3 Å². The van der Waals surface area contributed by atoms with E-state index in [1.165, 1.54) is 5.56 Å². The number of methoxy groups -OCH3 is 3. The summed E-state index contributed by atoms with van der Waals surface area (Å²) in [6, 6.07) is 2.03. The van der Waals surface area contributed by atoms with Gasteiger partial charge in [0.15, 0.2) is 11.5 Å². The number of benzene rings is 1. The van der Waals surface area contributed by atoms with E-state index < -0.39 is 0 Å². The van der Waals surface area contributed by atoms with E-state index in [2.05, 4.69) is 6.92 Å². The van der Waals surface area contributed by atoms with Crippen LogP contribution in [-0.4, -0.2) is 33.8 Å². The summed E-state index contributed by atoms with van der Waals surface area (Å²) in [5.74, 6) is 2.96. The van der Waals surface area contributed by atoms with Crippen molar-refractivity contribution in [1.82, 2.24) is 0 Å². The van der Waals surface area contributed by atoms with Gasteiger partial charge in [0.05, 0.1) is 34.0 Å². The molecular weight excluding hydrogens is 292 g/mol. The summed E-state index contributed by atoms with van der Waals surface area (Å²) in [5, 5.41) is 0. The fraction of sp³-hybridized carbons (Fsp3) is 0.625. The predicted molar refractivity (Wildman–Crippen MR) is 83.0 cm³/mol. The summed E-state index contributed by atoms with van der Waals surface area (Å²) in [6.45, 7) is 2.89. The molecule has 0 amide bonds. The van der Waals surface area contributed by atoms with Crippen molar-refractivity contribution in [2.45, 2.75) is 25.9 Å². The molecule has 2 rings (SSSR count). The van der Waals surface area contributed by atoms with Gasteiger partial charge in [0.1, 0.15) is 0 Å². The molecule has 21 heavy (non-hydrogen) atoms. The molecule has 0 fully saturated rings. The summed E-state index contributed by atoms with van der Waals surface area (Å²) >= 11 is 5.94. The molecule has 0 aromatic heterocycles. The lowest BCUT2D eigenvalue weighted by Gasteiger charge is -2.23. The zero-order valence-corrected chi connectivity index (χ0v) is 13.8. The molecule has 5 heteroatoms. The normalized spacial score (nSPS) is 21.4.